The summed E-state index contributed by atoms with van der Waals surface area (Å²) in [6.45, 7) is 1.30. The molecule has 1 saturated heterocycles. The zero-order valence-electron chi connectivity index (χ0n) is 14.4. The second kappa shape index (κ2) is 9.77. The maximum Gasteiger partial charge on any atom is 0.251 e. The van der Waals surface area contributed by atoms with Crippen LogP contribution in [0, 0.1) is 11.8 Å². The van der Waals surface area contributed by atoms with Gasteiger partial charge < -0.3 is 20.5 Å². The molecule has 8 heteroatoms. The summed E-state index contributed by atoms with van der Waals surface area (Å²) in [5, 5.41) is 23.5. The van der Waals surface area contributed by atoms with Gasteiger partial charge in [0.1, 0.15) is 19.0 Å². The average Bonchev–Trinajstić information content (AvgIpc) is 2.66. The lowest BCUT2D eigenvalue weighted by Crippen LogP contribution is -2.56. The second-order valence-corrected chi connectivity index (χ2v) is 6.02. The van der Waals surface area contributed by atoms with Crippen LogP contribution >= 0.6 is 0 Å². The molecule has 0 radical (unpaired) electrons. The van der Waals surface area contributed by atoms with Gasteiger partial charge in [-0.25, -0.2) is 5.48 Å². The van der Waals surface area contributed by atoms with Crippen molar-refractivity contribution in [2.75, 3.05) is 26.3 Å². The lowest BCUT2D eigenvalue weighted by atomic mass is 9.84. The monoisotopic (exact) mass is 361 g/mol. The Labute approximate surface area is 151 Å². The average molecular weight is 361 g/mol. The fourth-order valence-corrected chi connectivity index (χ4v) is 2.84. The number of nitrogens with one attached hydrogen (secondary N) is 3. The summed E-state index contributed by atoms with van der Waals surface area (Å²) >= 11 is 0. The fraction of sp³-hybridized carbons (Fsp3) is 0.444. The number of benzene rings is 1. The minimum atomic E-state index is -0.690. The molecule has 0 atom stereocenters. The minimum Gasteiger partial charge on any atom is -0.481 e. The van der Waals surface area contributed by atoms with Crippen molar-refractivity contribution in [3.63, 3.8) is 0 Å². The highest BCUT2D eigenvalue weighted by atomic mass is 16.5. The molecule has 1 heterocycles. The van der Waals surface area contributed by atoms with E-state index in [0.29, 0.717) is 37.2 Å². The van der Waals surface area contributed by atoms with Crippen molar-refractivity contribution in [3.8, 4) is 17.6 Å². The van der Waals surface area contributed by atoms with Crippen molar-refractivity contribution >= 4 is 11.8 Å². The molecule has 1 aromatic rings. The third-order valence-electron chi connectivity index (χ3n) is 4.19. The van der Waals surface area contributed by atoms with Gasteiger partial charge >= 0.3 is 0 Å². The molecule has 5 N–H and O–H groups in total. The molecule has 2 rings (SSSR count). The van der Waals surface area contributed by atoms with Crippen molar-refractivity contribution in [3.05, 3.63) is 29.8 Å². The van der Waals surface area contributed by atoms with Crippen LogP contribution in [0.5, 0.6) is 5.75 Å². The van der Waals surface area contributed by atoms with E-state index in [1.54, 1.807) is 29.7 Å². The molecule has 1 aliphatic heterocycles. The number of amides is 2. The normalized spacial score (nSPS) is 15.3. The second-order valence-electron chi connectivity index (χ2n) is 6.02. The van der Waals surface area contributed by atoms with E-state index < -0.39 is 11.4 Å². The molecule has 1 aromatic carbocycles. The third-order valence-corrected chi connectivity index (χ3v) is 4.19. The minimum absolute atomic E-state index is 0.0155. The summed E-state index contributed by atoms with van der Waals surface area (Å²) < 4.78 is 5.37. The van der Waals surface area contributed by atoms with E-state index in [-0.39, 0.29) is 25.5 Å². The summed E-state index contributed by atoms with van der Waals surface area (Å²) in [5.74, 6) is 4.86. The summed E-state index contributed by atoms with van der Waals surface area (Å²) in [7, 11) is 0. The van der Waals surface area contributed by atoms with E-state index in [2.05, 4.69) is 22.5 Å². The zero-order chi connectivity index (χ0) is 18.8. The number of hydrogen-bond donors (Lipinski definition) is 5. The Balaban J connectivity index is 2.00. The molecular weight excluding hydrogens is 338 g/mol. The van der Waals surface area contributed by atoms with Gasteiger partial charge in [-0.05, 0) is 50.2 Å². The Hall–Kier alpha value is -2.60. The third kappa shape index (κ3) is 5.74. The van der Waals surface area contributed by atoms with Gasteiger partial charge in [0.15, 0.2) is 0 Å². The Morgan fingerprint density at radius 1 is 1.19 bits per heavy atom. The Morgan fingerprint density at radius 3 is 2.50 bits per heavy atom. The van der Waals surface area contributed by atoms with Crippen LogP contribution < -0.4 is 20.9 Å². The van der Waals surface area contributed by atoms with Crippen LogP contribution in [0.15, 0.2) is 24.3 Å². The number of aliphatic hydroxyl groups excluding tert-OH is 1. The number of aliphatic hydroxyl groups is 1. The maximum absolute atomic E-state index is 12.6. The van der Waals surface area contributed by atoms with E-state index in [9.17, 15) is 9.59 Å². The quantitative estimate of drug-likeness (QED) is 0.272. The largest absolute Gasteiger partial charge is 0.481 e. The van der Waals surface area contributed by atoms with Crippen LogP contribution in [-0.4, -0.2) is 54.0 Å². The van der Waals surface area contributed by atoms with Gasteiger partial charge in [0.25, 0.3) is 5.91 Å². The first kappa shape index (κ1) is 19.7. The van der Waals surface area contributed by atoms with Crippen LogP contribution in [0.25, 0.3) is 0 Å². The van der Waals surface area contributed by atoms with E-state index in [4.69, 9.17) is 15.1 Å². The molecule has 1 fully saturated rings. The maximum atomic E-state index is 12.6. The zero-order valence-corrected chi connectivity index (χ0v) is 14.4. The molecule has 0 bridgehead atoms. The number of hydrogen-bond acceptors (Lipinski definition) is 6. The molecular formula is C18H23N3O5. The van der Waals surface area contributed by atoms with E-state index in [0.717, 1.165) is 0 Å². The van der Waals surface area contributed by atoms with E-state index in [1.165, 1.54) is 0 Å². The highest BCUT2D eigenvalue weighted by Gasteiger charge is 2.36. The molecule has 0 aromatic heterocycles. The van der Waals surface area contributed by atoms with Gasteiger partial charge in [-0.1, -0.05) is 11.8 Å². The lowest BCUT2D eigenvalue weighted by molar-refractivity contribution is -0.130. The van der Waals surface area contributed by atoms with Crippen molar-refractivity contribution < 1.29 is 24.6 Å². The predicted molar refractivity (Wildman–Crippen MR) is 93.6 cm³/mol. The molecule has 0 saturated carbocycles. The van der Waals surface area contributed by atoms with E-state index in [1.807, 2.05) is 0 Å². The Kier molecular flexibility index (Phi) is 7.41. The van der Waals surface area contributed by atoms with Crippen molar-refractivity contribution in [1.29, 1.82) is 0 Å². The Bertz CT molecular complexity index is 672. The number of carbonyl (C=O) groups excluding carboxylic acids is 2. The first-order valence-corrected chi connectivity index (χ1v) is 8.34. The first-order chi connectivity index (χ1) is 12.6. The SMILES string of the molecule is O=C(CC1(NC(=O)c2ccc(OCC#CCO)cc2)CCNCC1)NO. The molecule has 0 aliphatic carbocycles. The van der Waals surface area contributed by atoms with Crippen LogP contribution in [0.1, 0.15) is 29.6 Å². The summed E-state index contributed by atoms with van der Waals surface area (Å²) in [4.78, 5) is 24.2. The van der Waals surface area contributed by atoms with Crippen molar-refractivity contribution in [2.45, 2.75) is 24.8 Å². The van der Waals surface area contributed by atoms with Gasteiger partial charge in [0.05, 0.1) is 12.0 Å². The smallest absolute Gasteiger partial charge is 0.251 e. The predicted octanol–water partition coefficient (Wildman–Crippen LogP) is -0.191. The molecule has 0 unspecified atom stereocenters. The number of carbonyl (C=O) groups is 2. The molecule has 0 spiro atoms. The summed E-state index contributed by atoms with van der Waals surface area (Å²) in [6.07, 6.45) is 1.20. The molecule has 26 heavy (non-hydrogen) atoms. The van der Waals surface area contributed by atoms with Crippen LogP contribution in [0.3, 0.4) is 0 Å². The number of hydroxylamine groups is 1. The Morgan fingerprint density at radius 2 is 1.88 bits per heavy atom. The molecule has 8 nitrogen and oxygen atoms in total. The number of piperidine rings is 1. The lowest BCUT2D eigenvalue weighted by Gasteiger charge is -2.37. The van der Waals surface area contributed by atoms with Gasteiger partial charge in [-0.3, -0.25) is 14.8 Å². The van der Waals surface area contributed by atoms with Crippen LogP contribution in [0.4, 0.5) is 0 Å². The number of ether oxygens (including phenoxy) is 1. The molecule has 140 valence electrons. The van der Waals surface area contributed by atoms with Gasteiger partial charge in [0, 0.05) is 5.56 Å². The van der Waals surface area contributed by atoms with Crippen molar-refractivity contribution in [1.82, 2.24) is 16.1 Å². The topological polar surface area (TPSA) is 120 Å². The molecule has 2 amide bonds. The fourth-order valence-electron chi connectivity index (χ4n) is 2.84. The van der Waals surface area contributed by atoms with Crippen LogP contribution in [0.2, 0.25) is 0 Å². The molecule has 1 aliphatic rings. The van der Waals surface area contributed by atoms with Gasteiger partial charge in [-0.15, -0.1) is 0 Å². The van der Waals surface area contributed by atoms with Crippen molar-refractivity contribution in [2.24, 2.45) is 0 Å². The highest BCUT2D eigenvalue weighted by molar-refractivity contribution is 5.95. The first-order valence-electron chi connectivity index (χ1n) is 8.34. The highest BCUT2D eigenvalue weighted by Crippen LogP contribution is 2.23. The van der Waals surface area contributed by atoms with Gasteiger partial charge in [-0.2, -0.15) is 0 Å². The van der Waals surface area contributed by atoms with Gasteiger partial charge in [0.2, 0.25) is 5.91 Å². The summed E-state index contributed by atoms with van der Waals surface area (Å²) in [5.41, 5.74) is 1.39. The summed E-state index contributed by atoms with van der Waals surface area (Å²) in [6, 6.07) is 6.58. The van der Waals surface area contributed by atoms with Crippen LogP contribution in [-0.2, 0) is 4.79 Å². The standard InChI is InChI=1S/C18H23N3O5/c22-11-1-2-12-26-15-5-3-14(4-6-15)17(24)20-18(13-16(23)21-25)7-9-19-10-8-18/h3-6,19,22,25H,7-13H2,(H,20,24)(H,21,23). The van der Waals surface area contributed by atoms with E-state index >= 15 is 0 Å². The number of rotatable bonds is 6.